The van der Waals surface area contributed by atoms with Crippen molar-refractivity contribution >= 4 is 51.8 Å². The number of alkyl halides is 2. The van der Waals surface area contributed by atoms with Gasteiger partial charge in [-0.3, -0.25) is 24.0 Å². The van der Waals surface area contributed by atoms with Gasteiger partial charge in [0.2, 0.25) is 11.8 Å². The number of pyridine rings is 1. The molecule has 30 heavy (non-hydrogen) atoms. The molecule has 11 heteroatoms. The fourth-order valence-electron chi connectivity index (χ4n) is 4.41. The van der Waals surface area contributed by atoms with E-state index in [0.717, 1.165) is 6.42 Å². The smallest absolute Gasteiger partial charge is 0.269 e. The molecule has 3 aliphatic rings. The van der Waals surface area contributed by atoms with E-state index < -0.39 is 16.3 Å². The van der Waals surface area contributed by atoms with Crippen LogP contribution in [-0.4, -0.2) is 60.3 Å². The summed E-state index contributed by atoms with van der Waals surface area (Å²) < 4.78 is 0.670. The van der Waals surface area contributed by atoms with Gasteiger partial charge in [-0.2, -0.15) is 5.10 Å². The first kappa shape index (κ1) is 19.6. The molecule has 9 nitrogen and oxygen atoms in total. The molecule has 2 saturated carbocycles. The highest BCUT2D eigenvalue weighted by molar-refractivity contribution is 6.50. The summed E-state index contributed by atoms with van der Waals surface area (Å²) in [5.41, 5.74) is 6.05. The SMILES string of the molecule is NC(=O)c1nn(CC(=O)N2[C@@H]3C[C@@H]3C[C@H]2C(=O)NCC2CC2(Cl)Cl)c2cnccc12. The average Bonchev–Trinajstić information content (AvgIpc) is 3.49. The molecule has 3 N–H and O–H groups in total. The minimum absolute atomic E-state index is 0.0417. The third-order valence-electron chi connectivity index (χ3n) is 6.25. The zero-order chi connectivity index (χ0) is 21.2. The maximum Gasteiger partial charge on any atom is 0.269 e. The predicted octanol–water partition coefficient (Wildman–Crippen LogP) is 0.830. The third-order valence-corrected chi connectivity index (χ3v) is 7.17. The molecule has 1 aliphatic heterocycles. The molecule has 0 radical (unpaired) electrons. The Balaban J connectivity index is 1.32. The van der Waals surface area contributed by atoms with E-state index in [0.29, 0.717) is 36.2 Å². The molecule has 4 atom stereocenters. The van der Waals surface area contributed by atoms with Gasteiger partial charge >= 0.3 is 0 Å². The van der Waals surface area contributed by atoms with Gasteiger partial charge < -0.3 is 16.0 Å². The number of hydrogen-bond acceptors (Lipinski definition) is 5. The molecular formula is C19H20Cl2N6O3. The first-order valence-electron chi connectivity index (χ1n) is 9.83. The lowest BCUT2D eigenvalue weighted by Crippen LogP contribution is -2.49. The van der Waals surface area contributed by atoms with E-state index >= 15 is 0 Å². The Morgan fingerprint density at radius 2 is 2.07 bits per heavy atom. The van der Waals surface area contributed by atoms with Crippen LogP contribution >= 0.6 is 23.2 Å². The second kappa shape index (κ2) is 6.81. The molecular weight excluding hydrogens is 431 g/mol. The molecule has 3 heterocycles. The number of nitrogens with two attached hydrogens (primary N) is 1. The molecule has 158 valence electrons. The first-order chi connectivity index (χ1) is 14.3. The summed E-state index contributed by atoms with van der Waals surface area (Å²) in [7, 11) is 0. The molecule has 1 saturated heterocycles. The Morgan fingerprint density at radius 1 is 1.30 bits per heavy atom. The van der Waals surface area contributed by atoms with Crippen molar-refractivity contribution in [3.8, 4) is 0 Å². The van der Waals surface area contributed by atoms with Crippen molar-refractivity contribution in [3.05, 3.63) is 24.2 Å². The van der Waals surface area contributed by atoms with Gasteiger partial charge in [0.05, 0.1) is 11.7 Å². The third kappa shape index (κ3) is 3.30. The van der Waals surface area contributed by atoms with Crippen LogP contribution in [0.15, 0.2) is 18.5 Å². The fraction of sp³-hybridized carbons (Fsp3) is 0.526. The number of carbonyl (C=O) groups is 3. The number of hydrogen-bond donors (Lipinski definition) is 2. The van der Waals surface area contributed by atoms with Gasteiger partial charge in [-0.1, -0.05) is 0 Å². The maximum atomic E-state index is 13.1. The van der Waals surface area contributed by atoms with E-state index in [4.69, 9.17) is 28.9 Å². The summed E-state index contributed by atoms with van der Waals surface area (Å²) in [6.45, 7) is 0.300. The summed E-state index contributed by atoms with van der Waals surface area (Å²) in [4.78, 5) is 43.3. The number of halogens is 2. The summed E-state index contributed by atoms with van der Waals surface area (Å²) in [6.07, 6.45) is 5.27. The fourth-order valence-corrected chi connectivity index (χ4v) is 4.94. The Hall–Kier alpha value is -2.39. The van der Waals surface area contributed by atoms with Gasteiger partial charge in [-0.25, -0.2) is 0 Å². The zero-order valence-electron chi connectivity index (χ0n) is 15.9. The number of likely N-dealkylation sites (tertiary alicyclic amines) is 1. The molecule has 0 bridgehead atoms. The molecule has 1 unspecified atom stereocenters. The van der Waals surface area contributed by atoms with Crippen LogP contribution in [0.2, 0.25) is 0 Å². The molecule has 0 aromatic carbocycles. The molecule has 3 amide bonds. The van der Waals surface area contributed by atoms with Crippen molar-refractivity contribution in [2.24, 2.45) is 17.6 Å². The Morgan fingerprint density at radius 3 is 2.77 bits per heavy atom. The number of aromatic nitrogens is 3. The summed E-state index contributed by atoms with van der Waals surface area (Å²) in [5, 5.41) is 7.64. The van der Waals surface area contributed by atoms with Crippen molar-refractivity contribution in [1.82, 2.24) is 25.0 Å². The van der Waals surface area contributed by atoms with Crippen LogP contribution in [0.5, 0.6) is 0 Å². The van der Waals surface area contributed by atoms with Crippen molar-refractivity contribution < 1.29 is 14.4 Å². The summed E-state index contributed by atoms with van der Waals surface area (Å²) >= 11 is 12.0. The topological polar surface area (TPSA) is 123 Å². The van der Waals surface area contributed by atoms with E-state index in [1.54, 1.807) is 11.0 Å². The van der Waals surface area contributed by atoms with E-state index in [9.17, 15) is 14.4 Å². The van der Waals surface area contributed by atoms with Crippen molar-refractivity contribution in [2.75, 3.05) is 6.54 Å². The standard InChI is InChI=1S/C19H20Cl2N6O3/c20-19(21)5-10(19)6-24-18(30)13-4-9-3-12(9)27(13)15(28)8-26-14-7-23-2-1-11(14)16(25-26)17(22)29/h1-2,7,9-10,12-13H,3-6,8H2,(H2,22,29)(H,24,30)/t9-,10?,12-,13+/m1/s1. The molecule has 2 aliphatic carbocycles. The lowest BCUT2D eigenvalue weighted by Gasteiger charge is -2.27. The molecule has 2 aromatic heterocycles. The van der Waals surface area contributed by atoms with E-state index in [1.807, 2.05) is 0 Å². The molecule has 2 aromatic rings. The van der Waals surface area contributed by atoms with Gasteiger partial charge in [-0.05, 0) is 31.2 Å². The molecule has 0 spiro atoms. The van der Waals surface area contributed by atoms with E-state index in [-0.39, 0.29) is 36.0 Å². The van der Waals surface area contributed by atoms with Gasteiger partial charge in [0, 0.05) is 30.1 Å². The Kier molecular flexibility index (Phi) is 4.44. The number of nitrogens with zero attached hydrogens (tertiary/aromatic N) is 4. The number of carbonyl (C=O) groups excluding carboxylic acids is 3. The predicted molar refractivity (Wildman–Crippen MR) is 109 cm³/mol. The van der Waals surface area contributed by atoms with Gasteiger partial charge in [0.25, 0.3) is 5.91 Å². The van der Waals surface area contributed by atoms with Crippen molar-refractivity contribution in [1.29, 1.82) is 0 Å². The van der Waals surface area contributed by atoms with E-state index in [2.05, 4.69) is 15.4 Å². The molecule has 3 fully saturated rings. The minimum Gasteiger partial charge on any atom is -0.364 e. The Bertz CT molecular complexity index is 1070. The highest BCUT2D eigenvalue weighted by Gasteiger charge is 2.56. The van der Waals surface area contributed by atoms with Crippen LogP contribution in [0.3, 0.4) is 0 Å². The highest BCUT2D eigenvalue weighted by Crippen LogP contribution is 2.53. The number of piperidine rings is 1. The largest absolute Gasteiger partial charge is 0.364 e. The lowest BCUT2D eigenvalue weighted by molar-refractivity contribution is -0.140. The van der Waals surface area contributed by atoms with Crippen molar-refractivity contribution in [2.45, 2.75) is 42.2 Å². The number of rotatable bonds is 6. The van der Waals surface area contributed by atoms with Crippen LogP contribution in [-0.2, 0) is 16.1 Å². The van der Waals surface area contributed by atoms with Crippen LogP contribution in [0, 0.1) is 11.8 Å². The Labute approximate surface area is 181 Å². The normalized spacial score (nSPS) is 28.3. The van der Waals surface area contributed by atoms with Gasteiger partial charge in [-0.15, -0.1) is 23.2 Å². The second-order valence-corrected chi connectivity index (χ2v) is 9.83. The van der Waals surface area contributed by atoms with Crippen molar-refractivity contribution in [3.63, 3.8) is 0 Å². The summed E-state index contributed by atoms with van der Waals surface area (Å²) in [5.74, 6) is -0.688. The number of nitrogens with one attached hydrogen (secondary N) is 1. The van der Waals surface area contributed by atoms with Gasteiger partial charge in [0.1, 0.15) is 16.9 Å². The average molecular weight is 451 g/mol. The molecule has 5 rings (SSSR count). The van der Waals surface area contributed by atoms with Crippen LogP contribution < -0.4 is 11.1 Å². The van der Waals surface area contributed by atoms with Crippen LogP contribution in [0.25, 0.3) is 10.9 Å². The number of primary amides is 1. The van der Waals surface area contributed by atoms with E-state index in [1.165, 1.54) is 17.1 Å². The van der Waals surface area contributed by atoms with Crippen LogP contribution in [0.1, 0.15) is 29.8 Å². The minimum atomic E-state index is -0.756. The first-order valence-corrected chi connectivity index (χ1v) is 10.6. The summed E-state index contributed by atoms with van der Waals surface area (Å²) in [6, 6.07) is 1.19. The maximum absolute atomic E-state index is 13.1. The number of amides is 3. The second-order valence-electron chi connectivity index (χ2n) is 8.29. The quantitative estimate of drug-likeness (QED) is 0.630. The highest BCUT2D eigenvalue weighted by atomic mass is 35.5. The van der Waals surface area contributed by atoms with Crippen LogP contribution in [0.4, 0.5) is 0 Å². The zero-order valence-corrected chi connectivity index (χ0v) is 17.4. The lowest BCUT2D eigenvalue weighted by atomic mass is 10.1. The number of fused-ring (bicyclic) bond motifs is 2. The van der Waals surface area contributed by atoms with Gasteiger partial charge in [0.15, 0.2) is 5.69 Å². The monoisotopic (exact) mass is 450 g/mol.